The predicted molar refractivity (Wildman–Crippen MR) is 141 cm³/mol. The smallest absolute Gasteiger partial charge is 0.258 e. The summed E-state index contributed by atoms with van der Waals surface area (Å²) in [5.74, 6) is -1.11. The summed E-state index contributed by atoms with van der Waals surface area (Å²) in [7, 11) is -4.01. The van der Waals surface area contributed by atoms with Crippen LogP contribution in [0.4, 0.5) is 10.1 Å². The van der Waals surface area contributed by atoms with Crippen molar-refractivity contribution < 1.29 is 22.3 Å². The van der Waals surface area contributed by atoms with Crippen molar-refractivity contribution in [3.05, 3.63) is 126 Å². The van der Waals surface area contributed by atoms with Crippen LogP contribution < -0.4 is 10.1 Å². The van der Waals surface area contributed by atoms with Crippen molar-refractivity contribution in [2.24, 2.45) is 0 Å². The Balaban J connectivity index is 1.71. The first kappa shape index (κ1) is 26.1. The highest BCUT2D eigenvalue weighted by atomic mass is 32.2. The van der Waals surface area contributed by atoms with E-state index < -0.39 is 21.7 Å². The van der Waals surface area contributed by atoms with E-state index >= 15 is 0 Å². The maximum Gasteiger partial charge on any atom is 0.258 e. The molecule has 0 aromatic heterocycles. The van der Waals surface area contributed by atoms with E-state index in [0.29, 0.717) is 6.61 Å². The largest absolute Gasteiger partial charge is 0.492 e. The lowest BCUT2D eigenvalue weighted by atomic mass is 10.2. The third-order valence-electron chi connectivity index (χ3n) is 5.66. The Morgan fingerprint density at radius 3 is 1.97 bits per heavy atom. The lowest BCUT2D eigenvalue weighted by Gasteiger charge is -2.23. The Labute approximate surface area is 216 Å². The molecule has 6 nitrogen and oxygen atoms in total. The van der Waals surface area contributed by atoms with E-state index in [-0.39, 0.29) is 35.0 Å². The summed E-state index contributed by atoms with van der Waals surface area (Å²) >= 11 is 0. The summed E-state index contributed by atoms with van der Waals surface area (Å²) in [4.78, 5) is 12.8. The number of ether oxygens (including phenoxy) is 1. The molecular formula is C29H27FN2O4S. The van der Waals surface area contributed by atoms with Crippen LogP contribution in [0, 0.1) is 5.82 Å². The van der Waals surface area contributed by atoms with Crippen LogP contribution in [0.3, 0.4) is 0 Å². The highest BCUT2D eigenvalue weighted by molar-refractivity contribution is 7.89. The molecule has 0 aliphatic carbocycles. The van der Waals surface area contributed by atoms with Crippen LogP contribution in [0.15, 0.2) is 108 Å². The van der Waals surface area contributed by atoms with Gasteiger partial charge in [-0.15, -0.1) is 0 Å². The average Bonchev–Trinajstić information content (AvgIpc) is 2.91. The second-order valence-corrected chi connectivity index (χ2v) is 10.2. The number of carbonyl (C=O) groups is 1. The Kier molecular flexibility index (Phi) is 8.32. The third-order valence-corrected chi connectivity index (χ3v) is 7.45. The first-order valence-corrected chi connectivity index (χ1v) is 13.2. The molecule has 1 amide bonds. The van der Waals surface area contributed by atoms with Crippen LogP contribution in [-0.4, -0.2) is 25.2 Å². The number of halogens is 1. The minimum Gasteiger partial charge on any atom is -0.492 e. The SMILES string of the molecule is CCOc1ccc(S(=O)(=O)N(Cc2ccccc2)Cc2ccccc2)cc1NC(=O)c1ccccc1F. The highest BCUT2D eigenvalue weighted by Gasteiger charge is 2.27. The molecule has 1 N–H and O–H groups in total. The number of sulfonamides is 1. The Hall–Kier alpha value is -4.01. The molecule has 37 heavy (non-hydrogen) atoms. The standard InChI is InChI=1S/C29H27FN2O4S/c1-2-36-28-18-17-24(19-27(28)31-29(33)25-15-9-10-16-26(25)30)37(34,35)32(20-22-11-5-3-6-12-22)21-23-13-7-4-8-14-23/h3-19H,2,20-21H2,1H3,(H,31,33). The van der Waals surface area contributed by atoms with Crippen molar-refractivity contribution in [2.75, 3.05) is 11.9 Å². The van der Waals surface area contributed by atoms with Crippen LogP contribution in [0.5, 0.6) is 5.75 Å². The van der Waals surface area contributed by atoms with Crippen molar-refractivity contribution in [3.8, 4) is 5.75 Å². The minimum atomic E-state index is -4.01. The second-order valence-electron chi connectivity index (χ2n) is 8.27. The second kappa shape index (κ2) is 11.8. The van der Waals surface area contributed by atoms with E-state index in [2.05, 4.69) is 5.32 Å². The van der Waals surface area contributed by atoms with E-state index in [1.807, 2.05) is 60.7 Å². The number of amides is 1. The van der Waals surface area contributed by atoms with Gasteiger partial charge in [-0.3, -0.25) is 4.79 Å². The molecule has 0 saturated carbocycles. The zero-order valence-electron chi connectivity index (χ0n) is 20.3. The van der Waals surface area contributed by atoms with Gasteiger partial charge in [0.05, 0.1) is 22.8 Å². The molecule has 0 saturated heterocycles. The van der Waals surface area contributed by atoms with Gasteiger partial charge in [-0.05, 0) is 48.4 Å². The molecule has 190 valence electrons. The van der Waals surface area contributed by atoms with Crippen molar-refractivity contribution in [2.45, 2.75) is 24.9 Å². The van der Waals surface area contributed by atoms with Crippen LogP contribution in [0.1, 0.15) is 28.4 Å². The van der Waals surface area contributed by atoms with Crippen molar-refractivity contribution in [1.82, 2.24) is 4.31 Å². The zero-order chi connectivity index (χ0) is 26.3. The van der Waals surface area contributed by atoms with Crippen LogP contribution in [0.2, 0.25) is 0 Å². The summed E-state index contributed by atoms with van der Waals surface area (Å²) < 4.78 is 48.9. The monoisotopic (exact) mass is 518 g/mol. The van der Waals surface area contributed by atoms with Gasteiger partial charge in [0.1, 0.15) is 11.6 Å². The molecule has 4 aromatic carbocycles. The predicted octanol–water partition coefficient (Wildman–Crippen LogP) is 5.87. The summed E-state index contributed by atoms with van der Waals surface area (Å²) in [6.45, 7) is 2.38. The van der Waals surface area contributed by atoms with Gasteiger partial charge in [-0.1, -0.05) is 72.8 Å². The average molecular weight is 519 g/mol. The quantitative estimate of drug-likeness (QED) is 0.285. The molecule has 4 rings (SSSR count). The van der Waals surface area contributed by atoms with E-state index in [9.17, 15) is 17.6 Å². The summed E-state index contributed by atoms with van der Waals surface area (Å²) in [6, 6.07) is 28.5. The summed E-state index contributed by atoms with van der Waals surface area (Å²) in [5, 5.41) is 2.62. The fourth-order valence-corrected chi connectivity index (χ4v) is 5.28. The fourth-order valence-electron chi connectivity index (χ4n) is 3.83. The third kappa shape index (κ3) is 6.41. The van der Waals surface area contributed by atoms with E-state index in [4.69, 9.17) is 4.74 Å². The molecular weight excluding hydrogens is 491 g/mol. The number of hydrogen-bond donors (Lipinski definition) is 1. The van der Waals surface area contributed by atoms with E-state index in [1.165, 1.54) is 40.7 Å². The maximum absolute atomic E-state index is 14.2. The van der Waals surface area contributed by atoms with Gasteiger partial charge in [0.25, 0.3) is 5.91 Å². The molecule has 0 aliphatic heterocycles. The molecule has 0 radical (unpaired) electrons. The van der Waals surface area contributed by atoms with Gasteiger partial charge in [0.15, 0.2) is 0 Å². The fraction of sp³-hybridized carbons (Fsp3) is 0.138. The Morgan fingerprint density at radius 1 is 0.838 bits per heavy atom. The molecule has 0 unspecified atom stereocenters. The lowest BCUT2D eigenvalue weighted by molar-refractivity contribution is 0.102. The van der Waals surface area contributed by atoms with Crippen molar-refractivity contribution in [1.29, 1.82) is 0 Å². The minimum absolute atomic E-state index is 0.0216. The normalized spacial score (nSPS) is 11.3. The maximum atomic E-state index is 14.2. The van der Waals surface area contributed by atoms with Gasteiger partial charge in [0, 0.05) is 13.1 Å². The summed E-state index contributed by atoms with van der Waals surface area (Å²) in [6.07, 6.45) is 0. The molecule has 0 aliphatic rings. The lowest BCUT2D eigenvalue weighted by Crippen LogP contribution is -2.30. The molecule has 0 spiro atoms. The zero-order valence-corrected chi connectivity index (χ0v) is 21.1. The number of nitrogens with one attached hydrogen (secondary N) is 1. The molecule has 0 fully saturated rings. The van der Waals surface area contributed by atoms with Gasteiger partial charge >= 0.3 is 0 Å². The van der Waals surface area contributed by atoms with E-state index in [0.717, 1.165) is 11.1 Å². The molecule has 0 heterocycles. The highest BCUT2D eigenvalue weighted by Crippen LogP contribution is 2.31. The van der Waals surface area contributed by atoms with E-state index in [1.54, 1.807) is 13.0 Å². The molecule has 8 heteroatoms. The molecule has 4 aromatic rings. The number of carbonyl (C=O) groups excluding carboxylic acids is 1. The Bertz CT molecular complexity index is 1420. The van der Waals surface area contributed by atoms with Gasteiger partial charge in [-0.2, -0.15) is 4.31 Å². The van der Waals surface area contributed by atoms with Gasteiger partial charge in [-0.25, -0.2) is 12.8 Å². The number of benzene rings is 4. The number of hydrogen-bond acceptors (Lipinski definition) is 4. The summed E-state index contributed by atoms with van der Waals surface area (Å²) in [5.41, 5.74) is 1.64. The Morgan fingerprint density at radius 2 is 1.41 bits per heavy atom. The van der Waals surface area contributed by atoms with Crippen molar-refractivity contribution >= 4 is 21.6 Å². The topological polar surface area (TPSA) is 75.7 Å². The first-order valence-electron chi connectivity index (χ1n) is 11.8. The van der Waals surface area contributed by atoms with Gasteiger partial charge < -0.3 is 10.1 Å². The number of anilines is 1. The van der Waals surface area contributed by atoms with Crippen molar-refractivity contribution in [3.63, 3.8) is 0 Å². The van der Waals surface area contributed by atoms with Crippen LogP contribution in [-0.2, 0) is 23.1 Å². The number of rotatable bonds is 10. The molecule has 0 atom stereocenters. The number of nitrogens with zero attached hydrogens (tertiary/aromatic N) is 1. The molecule has 0 bridgehead atoms. The first-order chi connectivity index (χ1) is 17.9. The van der Waals surface area contributed by atoms with Crippen LogP contribution in [0.25, 0.3) is 0 Å². The van der Waals surface area contributed by atoms with Gasteiger partial charge in [0.2, 0.25) is 10.0 Å². The van der Waals surface area contributed by atoms with Crippen LogP contribution >= 0.6 is 0 Å².